The molecule has 5 heteroatoms. The van der Waals surface area contributed by atoms with Gasteiger partial charge in [0.05, 0.1) is 13.7 Å². The number of rotatable bonds is 5. The maximum atomic E-state index is 11.8. The highest BCUT2D eigenvalue weighted by molar-refractivity contribution is 5.81. The number of carbonyl (C=O) groups is 1. The Morgan fingerprint density at radius 1 is 1.58 bits per heavy atom. The Kier molecular flexibility index (Phi) is 4.60. The molecular formula is C14H20N2O3. The Morgan fingerprint density at radius 2 is 2.42 bits per heavy atom. The molecule has 1 aromatic rings. The number of hydrogen-bond donors (Lipinski definition) is 0. The van der Waals surface area contributed by atoms with E-state index >= 15 is 0 Å². The van der Waals surface area contributed by atoms with E-state index in [9.17, 15) is 4.79 Å². The van der Waals surface area contributed by atoms with Crippen LogP contribution in [0.5, 0.6) is 5.75 Å². The number of pyridine rings is 1. The van der Waals surface area contributed by atoms with E-state index in [1.165, 1.54) is 7.11 Å². The van der Waals surface area contributed by atoms with Crippen LogP contribution in [0.25, 0.3) is 0 Å². The molecule has 1 aliphatic heterocycles. The maximum absolute atomic E-state index is 11.8. The van der Waals surface area contributed by atoms with Crippen LogP contribution in [0.1, 0.15) is 26.2 Å². The number of aromatic nitrogens is 1. The van der Waals surface area contributed by atoms with Gasteiger partial charge in [-0.3, -0.25) is 0 Å². The normalized spacial score (nSPS) is 18.4. The van der Waals surface area contributed by atoms with Gasteiger partial charge < -0.3 is 14.4 Å². The molecule has 1 aliphatic rings. The minimum atomic E-state index is -0.246. The molecule has 0 radical (unpaired) electrons. The van der Waals surface area contributed by atoms with Crippen molar-refractivity contribution in [2.24, 2.45) is 0 Å². The van der Waals surface area contributed by atoms with Crippen molar-refractivity contribution in [3.8, 4) is 5.75 Å². The summed E-state index contributed by atoms with van der Waals surface area (Å²) in [5.41, 5.74) is 0. The smallest absolute Gasteiger partial charge is 0.328 e. The van der Waals surface area contributed by atoms with Crippen LogP contribution < -0.4 is 9.64 Å². The second-order valence-electron chi connectivity index (χ2n) is 4.55. The van der Waals surface area contributed by atoms with Gasteiger partial charge in [0.15, 0.2) is 11.6 Å². The van der Waals surface area contributed by atoms with Crippen LogP contribution in [-0.4, -0.2) is 37.3 Å². The predicted molar refractivity (Wildman–Crippen MR) is 72.4 cm³/mol. The fraction of sp³-hybridized carbons (Fsp3) is 0.571. The first-order chi connectivity index (χ1) is 9.27. The number of ether oxygens (including phenoxy) is 2. The summed E-state index contributed by atoms with van der Waals surface area (Å²) in [5, 5.41) is 0. The van der Waals surface area contributed by atoms with Crippen LogP contribution in [0.4, 0.5) is 5.82 Å². The molecule has 2 rings (SSSR count). The van der Waals surface area contributed by atoms with Crippen molar-refractivity contribution in [3.05, 3.63) is 18.3 Å². The molecule has 0 N–H and O–H groups in total. The van der Waals surface area contributed by atoms with E-state index < -0.39 is 0 Å². The molecule has 0 bridgehead atoms. The van der Waals surface area contributed by atoms with E-state index in [0.29, 0.717) is 6.61 Å². The largest absolute Gasteiger partial charge is 0.490 e. The Hall–Kier alpha value is -1.78. The zero-order valence-corrected chi connectivity index (χ0v) is 11.5. The maximum Gasteiger partial charge on any atom is 0.328 e. The number of methoxy groups -OCH3 is 1. The van der Waals surface area contributed by atoms with E-state index in [2.05, 4.69) is 11.9 Å². The molecular weight excluding hydrogens is 244 g/mol. The lowest BCUT2D eigenvalue weighted by Crippen LogP contribution is -2.37. The van der Waals surface area contributed by atoms with Crippen molar-refractivity contribution < 1.29 is 14.3 Å². The number of hydrogen-bond acceptors (Lipinski definition) is 5. The molecule has 0 amide bonds. The molecule has 19 heavy (non-hydrogen) atoms. The zero-order valence-electron chi connectivity index (χ0n) is 11.5. The molecule has 0 aromatic carbocycles. The number of nitrogens with zero attached hydrogens (tertiary/aromatic N) is 2. The van der Waals surface area contributed by atoms with Crippen LogP contribution in [0.3, 0.4) is 0 Å². The molecule has 1 saturated heterocycles. The lowest BCUT2D eigenvalue weighted by Gasteiger charge is -2.25. The molecule has 0 aliphatic carbocycles. The Bertz CT molecular complexity index is 436. The van der Waals surface area contributed by atoms with Crippen molar-refractivity contribution in [2.45, 2.75) is 32.2 Å². The second-order valence-corrected chi connectivity index (χ2v) is 4.55. The average molecular weight is 264 g/mol. The first-order valence-electron chi connectivity index (χ1n) is 6.70. The third-order valence-electron chi connectivity index (χ3n) is 3.21. The minimum Gasteiger partial charge on any atom is -0.490 e. The highest BCUT2D eigenvalue weighted by atomic mass is 16.5. The fourth-order valence-corrected chi connectivity index (χ4v) is 2.32. The lowest BCUT2D eigenvalue weighted by molar-refractivity contribution is -0.141. The molecule has 1 unspecified atom stereocenters. The van der Waals surface area contributed by atoms with Gasteiger partial charge in [0.1, 0.15) is 6.04 Å². The summed E-state index contributed by atoms with van der Waals surface area (Å²) in [6.45, 7) is 3.51. The van der Waals surface area contributed by atoms with Gasteiger partial charge in [0.2, 0.25) is 0 Å². The summed E-state index contributed by atoms with van der Waals surface area (Å²) < 4.78 is 10.6. The van der Waals surface area contributed by atoms with E-state index in [1.807, 2.05) is 17.0 Å². The monoisotopic (exact) mass is 264 g/mol. The van der Waals surface area contributed by atoms with Gasteiger partial charge in [-0.15, -0.1) is 0 Å². The molecule has 2 heterocycles. The average Bonchev–Trinajstić information content (AvgIpc) is 2.93. The fourth-order valence-electron chi connectivity index (χ4n) is 2.32. The minimum absolute atomic E-state index is 0.204. The summed E-state index contributed by atoms with van der Waals surface area (Å²) in [5.74, 6) is 1.27. The molecule has 104 valence electrons. The number of esters is 1. The number of carbonyl (C=O) groups excluding carboxylic acids is 1. The van der Waals surface area contributed by atoms with Crippen LogP contribution in [0.15, 0.2) is 18.3 Å². The molecule has 5 nitrogen and oxygen atoms in total. The first-order valence-corrected chi connectivity index (χ1v) is 6.70. The van der Waals surface area contributed by atoms with E-state index in [0.717, 1.165) is 37.4 Å². The van der Waals surface area contributed by atoms with Crippen molar-refractivity contribution in [2.75, 3.05) is 25.2 Å². The van der Waals surface area contributed by atoms with E-state index in [1.54, 1.807) is 6.20 Å². The van der Waals surface area contributed by atoms with Crippen LogP contribution in [0, 0.1) is 0 Å². The van der Waals surface area contributed by atoms with Crippen molar-refractivity contribution >= 4 is 11.8 Å². The molecule has 0 saturated carbocycles. The van der Waals surface area contributed by atoms with Crippen molar-refractivity contribution in [1.29, 1.82) is 0 Å². The summed E-state index contributed by atoms with van der Waals surface area (Å²) in [7, 11) is 1.42. The molecule has 1 fully saturated rings. The first kappa shape index (κ1) is 13.6. The number of anilines is 1. The van der Waals surface area contributed by atoms with Crippen molar-refractivity contribution in [3.63, 3.8) is 0 Å². The summed E-state index contributed by atoms with van der Waals surface area (Å²) >= 11 is 0. The van der Waals surface area contributed by atoms with Gasteiger partial charge in [-0.1, -0.05) is 6.92 Å². The van der Waals surface area contributed by atoms with E-state index in [-0.39, 0.29) is 12.0 Å². The topological polar surface area (TPSA) is 51.7 Å². The zero-order chi connectivity index (χ0) is 13.7. The Balaban J connectivity index is 2.22. The molecule has 0 spiro atoms. The Labute approximate surface area is 113 Å². The van der Waals surface area contributed by atoms with Gasteiger partial charge in [-0.25, -0.2) is 9.78 Å². The van der Waals surface area contributed by atoms with E-state index in [4.69, 9.17) is 9.47 Å². The Morgan fingerprint density at radius 3 is 3.16 bits per heavy atom. The predicted octanol–water partition coefficient (Wildman–Crippen LogP) is 2.01. The van der Waals surface area contributed by atoms with Gasteiger partial charge in [0, 0.05) is 12.7 Å². The lowest BCUT2D eigenvalue weighted by atomic mass is 10.2. The highest BCUT2D eigenvalue weighted by Gasteiger charge is 2.33. The van der Waals surface area contributed by atoms with Crippen LogP contribution >= 0.6 is 0 Å². The van der Waals surface area contributed by atoms with Gasteiger partial charge >= 0.3 is 5.97 Å². The summed E-state index contributed by atoms with van der Waals surface area (Å²) in [6, 6.07) is 3.49. The van der Waals surface area contributed by atoms with Crippen LogP contribution in [0.2, 0.25) is 0 Å². The van der Waals surface area contributed by atoms with Gasteiger partial charge in [-0.2, -0.15) is 0 Å². The third-order valence-corrected chi connectivity index (χ3v) is 3.21. The summed E-state index contributed by atoms with van der Waals surface area (Å²) in [6.07, 6.45) is 4.43. The van der Waals surface area contributed by atoms with Gasteiger partial charge in [0.25, 0.3) is 0 Å². The quantitative estimate of drug-likeness (QED) is 0.761. The third kappa shape index (κ3) is 2.97. The summed E-state index contributed by atoms with van der Waals surface area (Å²) in [4.78, 5) is 18.1. The standard InChI is InChI=1S/C14H20N2O3/c1-3-10-19-12-7-4-8-15-13(12)16-9-5-6-11(16)14(17)18-2/h4,7-8,11H,3,5-6,9-10H2,1-2H3. The molecule has 1 aromatic heterocycles. The highest BCUT2D eigenvalue weighted by Crippen LogP contribution is 2.31. The molecule has 1 atom stereocenters. The van der Waals surface area contributed by atoms with Crippen LogP contribution in [-0.2, 0) is 9.53 Å². The van der Waals surface area contributed by atoms with Crippen molar-refractivity contribution in [1.82, 2.24) is 4.98 Å². The SMILES string of the molecule is CCCOc1cccnc1N1CCCC1C(=O)OC. The van der Waals surface area contributed by atoms with Gasteiger partial charge in [-0.05, 0) is 31.4 Å². The second kappa shape index (κ2) is 6.41.